The van der Waals surface area contributed by atoms with Crippen LogP contribution in [0.15, 0.2) is 30.3 Å². The number of hydrogen-bond donors (Lipinski definition) is 2. The predicted molar refractivity (Wildman–Crippen MR) is 99.4 cm³/mol. The fourth-order valence-corrected chi connectivity index (χ4v) is 3.24. The Bertz CT molecular complexity index is 635. The SMILES string of the molecule is Cc1nc(CNC(=O)NC[C@H](Cc2ccccc2)N(C)C)sc1C. The minimum atomic E-state index is -0.152. The van der Waals surface area contributed by atoms with Crippen LogP contribution in [0.4, 0.5) is 4.79 Å². The molecule has 6 heteroatoms. The van der Waals surface area contributed by atoms with Crippen LogP contribution in [0.5, 0.6) is 0 Å². The van der Waals surface area contributed by atoms with Gasteiger partial charge in [0.1, 0.15) is 5.01 Å². The maximum atomic E-state index is 12.0. The van der Waals surface area contributed by atoms with Gasteiger partial charge in [-0.05, 0) is 39.9 Å². The van der Waals surface area contributed by atoms with Gasteiger partial charge in [-0.25, -0.2) is 9.78 Å². The zero-order valence-corrected chi connectivity index (χ0v) is 15.6. The van der Waals surface area contributed by atoms with Gasteiger partial charge >= 0.3 is 6.03 Å². The van der Waals surface area contributed by atoms with E-state index in [0.717, 1.165) is 17.1 Å². The molecule has 2 N–H and O–H groups in total. The van der Waals surface area contributed by atoms with Gasteiger partial charge in [-0.3, -0.25) is 0 Å². The maximum absolute atomic E-state index is 12.0. The standard InChI is InChI=1S/C18H26N4OS/c1-13-14(2)24-17(21-13)12-20-18(23)19-11-16(22(3)4)10-15-8-6-5-7-9-15/h5-9,16H,10-12H2,1-4H3,(H2,19,20,23)/t16-/m0/s1. The van der Waals surface area contributed by atoms with Crippen LogP contribution < -0.4 is 10.6 Å². The summed E-state index contributed by atoms with van der Waals surface area (Å²) in [6.45, 7) is 5.10. The number of thiazole rings is 1. The molecule has 0 unspecified atom stereocenters. The molecule has 0 aliphatic heterocycles. The summed E-state index contributed by atoms with van der Waals surface area (Å²) in [7, 11) is 4.07. The first-order valence-electron chi connectivity index (χ1n) is 8.10. The van der Waals surface area contributed by atoms with Crippen molar-refractivity contribution in [1.82, 2.24) is 20.5 Å². The lowest BCUT2D eigenvalue weighted by molar-refractivity contribution is 0.231. The Morgan fingerprint density at radius 2 is 1.92 bits per heavy atom. The molecule has 0 aliphatic rings. The second-order valence-electron chi connectivity index (χ2n) is 6.12. The molecule has 0 saturated heterocycles. The first-order valence-corrected chi connectivity index (χ1v) is 8.92. The van der Waals surface area contributed by atoms with Gasteiger partial charge in [0.2, 0.25) is 0 Å². The summed E-state index contributed by atoms with van der Waals surface area (Å²) < 4.78 is 0. The van der Waals surface area contributed by atoms with Crippen LogP contribution >= 0.6 is 11.3 Å². The Labute approximate surface area is 148 Å². The van der Waals surface area contributed by atoms with Crippen molar-refractivity contribution in [2.24, 2.45) is 0 Å². The number of benzene rings is 1. The number of amides is 2. The van der Waals surface area contributed by atoms with Crippen LogP contribution in [0.2, 0.25) is 0 Å². The van der Waals surface area contributed by atoms with E-state index in [4.69, 9.17) is 0 Å². The molecule has 1 aromatic carbocycles. The molecular formula is C18H26N4OS. The van der Waals surface area contributed by atoms with Crippen LogP contribution in [0, 0.1) is 13.8 Å². The molecule has 1 atom stereocenters. The summed E-state index contributed by atoms with van der Waals surface area (Å²) in [5, 5.41) is 6.78. The topological polar surface area (TPSA) is 57.3 Å². The quantitative estimate of drug-likeness (QED) is 0.810. The van der Waals surface area contributed by atoms with E-state index in [9.17, 15) is 4.79 Å². The minimum Gasteiger partial charge on any atom is -0.337 e. The summed E-state index contributed by atoms with van der Waals surface area (Å²) in [5.41, 5.74) is 2.31. The van der Waals surface area contributed by atoms with E-state index in [1.165, 1.54) is 10.4 Å². The number of rotatable bonds is 7. The van der Waals surface area contributed by atoms with Crippen molar-refractivity contribution in [3.8, 4) is 0 Å². The second kappa shape index (κ2) is 8.80. The van der Waals surface area contributed by atoms with Crippen molar-refractivity contribution in [2.45, 2.75) is 32.9 Å². The van der Waals surface area contributed by atoms with Crippen molar-refractivity contribution >= 4 is 17.4 Å². The third-order valence-electron chi connectivity index (χ3n) is 4.02. The molecule has 0 fully saturated rings. The molecule has 5 nitrogen and oxygen atoms in total. The lowest BCUT2D eigenvalue weighted by Gasteiger charge is -2.24. The molecule has 2 amide bonds. The normalized spacial score (nSPS) is 12.2. The highest BCUT2D eigenvalue weighted by Gasteiger charge is 2.14. The van der Waals surface area contributed by atoms with Gasteiger partial charge in [0.15, 0.2) is 0 Å². The molecular weight excluding hydrogens is 320 g/mol. The highest BCUT2D eigenvalue weighted by Crippen LogP contribution is 2.15. The number of carbonyl (C=O) groups is 1. The van der Waals surface area contributed by atoms with Crippen molar-refractivity contribution in [2.75, 3.05) is 20.6 Å². The predicted octanol–water partition coefficient (Wildman–Crippen LogP) is 2.73. The minimum absolute atomic E-state index is 0.152. The Balaban J connectivity index is 1.79. The maximum Gasteiger partial charge on any atom is 0.315 e. The van der Waals surface area contributed by atoms with E-state index in [-0.39, 0.29) is 12.1 Å². The first-order chi connectivity index (χ1) is 11.5. The highest BCUT2D eigenvalue weighted by molar-refractivity contribution is 7.11. The van der Waals surface area contributed by atoms with Gasteiger partial charge < -0.3 is 15.5 Å². The average molecular weight is 347 g/mol. The Hall–Kier alpha value is -1.92. The number of hydrogen-bond acceptors (Lipinski definition) is 4. The molecule has 0 spiro atoms. The monoisotopic (exact) mass is 346 g/mol. The molecule has 130 valence electrons. The van der Waals surface area contributed by atoms with E-state index >= 15 is 0 Å². The van der Waals surface area contributed by atoms with Crippen molar-refractivity contribution < 1.29 is 4.79 Å². The van der Waals surface area contributed by atoms with Gasteiger partial charge in [0.25, 0.3) is 0 Å². The van der Waals surface area contributed by atoms with Crippen LogP contribution in [0.1, 0.15) is 21.1 Å². The highest BCUT2D eigenvalue weighted by atomic mass is 32.1. The Morgan fingerprint density at radius 3 is 2.50 bits per heavy atom. The van der Waals surface area contributed by atoms with E-state index in [2.05, 4.69) is 32.7 Å². The first kappa shape index (κ1) is 18.4. The van der Waals surface area contributed by atoms with E-state index in [1.54, 1.807) is 11.3 Å². The molecule has 1 heterocycles. The third-order valence-corrected chi connectivity index (χ3v) is 5.09. The molecule has 0 aliphatic carbocycles. The summed E-state index contributed by atoms with van der Waals surface area (Å²) >= 11 is 1.63. The number of urea groups is 1. The van der Waals surface area contributed by atoms with Crippen LogP contribution in [0.3, 0.4) is 0 Å². The summed E-state index contributed by atoms with van der Waals surface area (Å²) in [6, 6.07) is 10.4. The van der Waals surface area contributed by atoms with Crippen molar-refractivity contribution in [3.05, 3.63) is 51.5 Å². The van der Waals surface area contributed by atoms with Gasteiger partial charge in [-0.1, -0.05) is 30.3 Å². The average Bonchev–Trinajstić information content (AvgIpc) is 2.88. The third kappa shape index (κ3) is 5.62. The number of carbonyl (C=O) groups excluding carboxylic acids is 1. The molecule has 24 heavy (non-hydrogen) atoms. The smallest absolute Gasteiger partial charge is 0.315 e. The number of aryl methyl sites for hydroxylation is 2. The lowest BCUT2D eigenvalue weighted by atomic mass is 10.1. The van der Waals surface area contributed by atoms with Crippen LogP contribution in [-0.4, -0.2) is 42.6 Å². The molecule has 0 radical (unpaired) electrons. The van der Waals surface area contributed by atoms with E-state index in [1.807, 2.05) is 46.1 Å². The largest absolute Gasteiger partial charge is 0.337 e. The van der Waals surface area contributed by atoms with Gasteiger partial charge in [-0.15, -0.1) is 11.3 Å². The number of likely N-dealkylation sites (N-methyl/N-ethyl adjacent to an activating group) is 1. The number of aromatic nitrogens is 1. The summed E-state index contributed by atoms with van der Waals surface area (Å²) in [5.74, 6) is 0. The molecule has 0 bridgehead atoms. The fourth-order valence-electron chi connectivity index (χ4n) is 2.37. The van der Waals surface area contributed by atoms with Gasteiger partial charge in [-0.2, -0.15) is 0 Å². The van der Waals surface area contributed by atoms with Crippen LogP contribution in [0.25, 0.3) is 0 Å². The molecule has 1 aromatic heterocycles. The van der Waals surface area contributed by atoms with Crippen molar-refractivity contribution in [3.63, 3.8) is 0 Å². The molecule has 0 saturated carbocycles. The Kier molecular flexibility index (Phi) is 6.75. The van der Waals surface area contributed by atoms with E-state index in [0.29, 0.717) is 13.1 Å². The van der Waals surface area contributed by atoms with Crippen molar-refractivity contribution in [1.29, 1.82) is 0 Å². The summed E-state index contributed by atoms with van der Waals surface area (Å²) in [6.07, 6.45) is 0.902. The Morgan fingerprint density at radius 1 is 1.21 bits per heavy atom. The zero-order chi connectivity index (χ0) is 17.5. The lowest BCUT2D eigenvalue weighted by Crippen LogP contribution is -2.44. The fraction of sp³-hybridized carbons (Fsp3) is 0.444. The second-order valence-corrected chi connectivity index (χ2v) is 7.41. The summed E-state index contributed by atoms with van der Waals surface area (Å²) in [4.78, 5) is 19.8. The zero-order valence-electron chi connectivity index (χ0n) is 14.8. The molecule has 2 aromatic rings. The number of nitrogens with zero attached hydrogens (tertiary/aromatic N) is 2. The molecule has 2 rings (SSSR count). The van der Waals surface area contributed by atoms with Crippen LogP contribution in [-0.2, 0) is 13.0 Å². The van der Waals surface area contributed by atoms with Gasteiger partial charge in [0.05, 0.1) is 12.2 Å². The van der Waals surface area contributed by atoms with Gasteiger partial charge in [0, 0.05) is 17.5 Å². The number of nitrogens with one attached hydrogen (secondary N) is 2. The van der Waals surface area contributed by atoms with E-state index < -0.39 is 0 Å².